The highest BCUT2D eigenvalue weighted by Gasteiger charge is 2.33. The molecule has 0 radical (unpaired) electrons. The molecule has 33 heavy (non-hydrogen) atoms. The number of nitrogens with zero attached hydrogens (tertiary/aromatic N) is 5. The quantitative estimate of drug-likeness (QED) is 0.461. The molecule has 2 N–H and O–H groups in total. The normalized spacial score (nSPS) is 16.8. The van der Waals surface area contributed by atoms with Gasteiger partial charge in [0.2, 0.25) is 0 Å². The molecule has 1 aromatic carbocycles. The van der Waals surface area contributed by atoms with Crippen LogP contribution in [0.25, 0.3) is 21.8 Å². The number of carbonyl (C=O) groups is 1. The molecule has 0 aliphatic carbocycles. The Kier molecular flexibility index (Phi) is 4.73. The minimum atomic E-state index is -4.46. The van der Waals surface area contributed by atoms with Crippen LogP contribution in [-0.4, -0.2) is 43.6 Å². The van der Waals surface area contributed by atoms with E-state index in [-0.39, 0.29) is 23.8 Å². The van der Waals surface area contributed by atoms with E-state index < -0.39 is 23.5 Å². The van der Waals surface area contributed by atoms with Gasteiger partial charge in [-0.15, -0.1) is 0 Å². The second-order valence-corrected chi connectivity index (χ2v) is 8.08. The third-order valence-electron chi connectivity index (χ3n) is 6.03. The molecule has 7 nitrogen and oxygen atoms in total. The average molecular weight is 458 g/mol. The number of aromatic nitrogens is 4. The van der Waals surface area contributed by atoms with E-state index in [0.717, 1.165) is 12.3 Å². The summed E-state index contributed by atoms with van der Waals surface area (Å²) in [7, 11) is 1.72. The molecular formula is C22H18F4N6O. The second-order valence-electron chi connectivity index (χ2n) is 8.08. The van der Waals surface area contributed by atoms with Gasteiger partial charge in [0.25, 0.3) is 5.91 Å². The Hall–Kier alpha value is -3.76. The minimum Gasteiger partial charge on any atom is -0.383 e. The van der Waals surface area contributed by atoms with Gasteiger partial charge in [0, 0.05) is 49.4 Å². The monoisotopic (exact) mass is 458 g/mol. The third kappa shape index (κ3) is 3.53. The minimum absolute atomic E-state index is 0.113. The van der Waals surface area contributed by atoms with Crippen molar-refractivity contribution >= 4 is 33.5 Å². The Bertz CT molecular complexity index is 1400. The first-order chi connectivity index (χ1) is 15.6. The van der Waals surface area contributed by atoms with Crippen molar-refractivity contribution in [3.05, 3.63) is 59.3 Å². The molecule has 0 bridgehead atoms. The zero-order chi connectivity index (χ0) is 23.5. The van der Waals surface area contributed by atoms with Gasteiger partial charge in [-0.1, -0.05) is 0 Å². The molecular weight excluding hydrogens is 440 g/mol. The van der Waals surface area contributed by atoms with Crippen LogP contribution in [0.1, 0.15) is 34.0 Å². The van der Waals surface area contributed by atoms with Crippen molar-refractivity contribution in [2.45, 2.75) is 18.5 Å². The van der Waals surface area contributed by atoms with Crippen LogP contribution in [0.5, 0.6) is 0 Å². The van der Waals surface area contributed by atoms with Crippen LogP contribution in [0.15, 0.2) is 36.7 Å². The fourth-order valence-corrected chi connectivity index (χ4v) is 4.31. The van der Waals surface area contributed by atoms with Crippen LogP contribution in [0.2, 0.25) is 0 Å². The van der Waals surface area contributed by atoms with Gasteiger partial charge in [-0.05, 0) is 24.6 Å². The number of aryl methyl sites for hydroxylation is 1. The summed E-state index contributed by atoms with van der Waals surface area (Å²) in [5, 5.41) is 5.32. The molecule has 1 aliphatic heterocycles. The number of rotatable bonds is 2. The van der Waals surface area contributed by atoms with E-state index in [0.29, 0.717) is 40.5 Å². The zero-order valence-corrected chi connectivity index (χ0v) is 17.4. The zero-order valence-electron chi connectivity index (χ0n) is 17.4. The lowest BCUT2D eigenvalue weighted by molar-refractivity contribution is -0.137. The molecule has 1 aliphatic rings. The number of anilines is 1. The van der Waals surface area contributed by atoms with E-state index in [1.807, 2.05) is 0 Å². The molecule has 11 heteroatoms. The number of amides is 1. The van der Waals surface area contributed by atoms with Crippen LogP contribution in [0.3, 0.4) is 0 Å². The molecule has 0 saturated carbocycles. The number of likely N-dealkylation sites (tertiary alicyclic amines) is 1. The highest BCUT2D eigenvalue weighted by molar-refractivity contribution is 6.10. The summed E-state index contributed by atoms with van der Waals surface area (Å²) < 4.78 is 54.8. The second kappa shape index (κ2) is 7.39. The lowest BCUT2D eigenvalue weighted by atomic mass is 10.0. The molecule has 170 valence electrons. The van der Waals surface area contributed by atoms with Crippen LogP contribution >= 0.6 is 0 Å². The molecule has 1 fully saturated rings. The molecule has 1 atom stereocenters. The van der Waals surface area contributed by atoms with Gasteiger partial charge < -0.3 is 10.6 Å². The summed E-state index contributed by atoms with van der Waals surface area (Å²) >= 11 is 0. The van der Waals surface area contributed by atoms with Gasteiger partial charge in [-0.25, -0.2) is 9.37 Å². The summed E-state index contributed by atoms with van der Waals surface area (Å²) in [5.74, 6) is -1.24. The maximum absolute atomic E-state index is 14.9. The highest BCUT2D eigenvalue weighted by atomic mass is 19.4. The summed E-state index contributed by atoms with van der Waals surface area (Å²) in [6.45, 7) is 0.570. The van der Waals surface area contributed by atoms with Gasteiger partial charge >= 0.3 is 6.18 Å². The van der Waals surface area contributed by atoms with E-state index in [2.05, 4.69) is 15.1 Å². The number of benzene rings is 1. The number of hydrogen-bond donors (Lipinski definition) is 1. The van der Waals surface area contributed by atoms with Crippen LogP contribution in [-0.2, 0) is 13.2 Å². The van der Waals surface area contributed by atoms with Crippen LogP contribution < -0.4 is 5.73 Å². The van der Waals surface area contributed by atoms with Crippen LogP contribution in [0.4, 0.5) is 23.4 Å². The topological polar surface area (TPSA) is 89.9 Å². The molecule has 0 unspecified atom stereocenters. The highest BCUT2D eigenvalue weighted by Crippen LogP contribution is 2.33. The van der Waals surface area contributed by atoms with Crippen molar-refractivity contribution in [3.63, 3.8) is 0 Å². The lowest BCUT2D eigenvalue weighted by Gasteiger charge is -2.18. The van der Waals surface area contributed by atoms with Gasteiger partial charge in [-0.3, -0.25) is 14.5 Å². The molecule has 0 spiro atoms. The summed E-state index contributed by atoms with van der Waals surface area (Å²) in [6.07, 6.45) is -1.59. The SMILES string of the molecule is Cn1ncc2c(N)nc3cc(F)c(C(=O)N4CC[C@@H](c5ccc(C(F)(F)F)cn5)C4)cc3c21. The van der Waals surface area contributed by atoms with E-state index in [4.69, 9.17) is 5.73 Å². The number of alkyl halides is 3. The largest absolute Gasteiger partial charge is 0.417 e. The van der Waals surface area contributed by atoms with Crippen molar-refractivity contribution in [1.82, 2.24) is 24.6 Å². The first-order valence-corrected chi connectivity index (χ1v) is 10.2. The summed E-state index contributed by atoms with van der Waals surface area (Å²) in [4.78, 5) is 22.8. The molecule has 3 aromatic heterocycles. The first-order valence-electron chi connectivity index (χ1n) is 10.2. The number of nitrogen functional groups attached to an aromatic ring is 1. The Morgan fingerprint density at radius 2 is 1.97 bits per heavy atom. The first kappa shape index (κ1) is 21.1. The van der Waals surface area contributed by atoms with Gasteiger partial charge in [0.1, 0.15) is 11.6 Å². The fraction of sp³-hybridized carbons (Fsp3) is 0.273. The fourth-order valence-electron chi connectivity index (χ4n) is 4.31. The standard InChI is InChI=1S/C22H18F4N6O/c1-31-19-14-6-13(16(23)7-18(14)30-20(27)15(19)9-29-31)21(33)32-5-4-11(10-32)17-3-2-12(8-28-17)22(24,25)26/h2-3,6-9,11H,4-5,10H2,1H3,(H2,27,30)/t11-/m1/s1. The van der Waals surface area contributed by atoms with Gasteiger partial charge in [0.15, 0.2) is 0 Å². The molecule has 4 heterocycles. The Labute approximate surface area is 184 Å². The summed E-state index contributed by atoms with van der Waals surface area (Å²) in [6, 6.07) is 4.93. The lowest BCUT2D eigenvalue weighted by Crippen LogP contribution is -2.29. The Balaban J connectivity index is 1.44. The number of carbonyl (C=O) groups excluding carboxylic acids is 1. The van der Waals surface area contributed by atoms with E-state index >= 15 is 0 Å². The Morgan fingerprint density at radius 1 is 1.18 bits per heavy atom. The predicted molar refractivity (Wildman–Crippen MR) is 113 cm³/mol. The number of nitrogens with two attached hydrogens (primary N) is 1. The van der Waals surface area contributed by atoms with Gasteiger partial charge in [0.05, 0.1) is 33.7 Å². The van der Waals surface area contributed by atoms with Gasteiger partial charge in [-0.2, -0.15) is 18.3 Å². The smallest absolute Gasteiger partial charge is 0.383 e. The molecule has 1 amide bonds. The Morgan fingerprint density at radius 3 is 2.67 bits per heavy atom. The number of hydrogen-bond acceptors (Lipinski definition) is 5. The maximum atomic E-state index is 14.9. The van der Waals surface area contributed by atoms with Crippen molar-refractivity contribution in [2.24, 2.45) is 7.05 Å². The van der Waals surface area contributed by atoms with Crippen LogP contribution in [0, 0.1) is 5.82 Å². The van der Waals surface area contributed by atoms with E-state index in [1.165, 1.54) is 23.1 Å². The van der Waals surface area contributed by atoms with E-state index in [9.17, 15) is 22.4 Å². The average Bonchev–Trinajstić information content (AvgIpc) is 3.41. The van der Waals surface area contributed by atoms with Crippen molar-refractivity contribution in [2.75, 3.05) is 18.8 Å². The van der Waals surface area contributed by atoms with Crippen molar-refractivity contribution in [1.29, 1.82) is 0 Å². The summed E-state index contributed by atoms with van der Waals surface area (Å²) in [5.41, 5.74) is 6.43. The third-order valence-corrected chi connectivity index (χ3v) is 6.03. The maximum Gasteiger partial charge on any atom is 0.417 e. The molecule has 5 rings (SSSR count). The number of pyridine rings is 2. The number of fused-ring (bicyclic) bond motifs is 3. The molecule has 4 aromatic rings. The number of halogens is 4. The molecule has 1 saturated heterocycles. The predicted octanol–water partition coefficient (Wildman–Crippen LogP) is 3.89. The van der Waals surface area contributed by atoms with Crippen molar-refractivity contribution in [3.8, 4) is 0 Å². The van der Waals surface area contributed by atoms with Crippen molar-refractivity contribution < 1.29 is 22.4 Å². The van der Waals surface area contributed by atoms with E-state index in [1.54, 1.807) is 17.9 Å².